The van der Waals surface area contributed by atoms with Gasteiger partial charge in [-0.1, -0.05) is 42.4 Å². The first kappa shape index (κ1) is 15.0. The molecular formula is C13H13ClN6OS. The molecule has 7 nitrogen and oxygen atoms in total. The van der Waals surface area contributed by atoms with Gasteiger partial charge in [0.05, 0.1) is 16.3 Å². The maximum atomic E-state index is 6.12. The van der Waals surface area contributed by atoms with E-state index in [-0.39, 0.29) is 0 Å². The van der Waals surface area contributed by atoms with Crippen molar-refractivity contribution in [2.24, 2.45) is 0 Å². The number of hydrogen-bond acceptors (Lipinski definition) is 7. The summed E-state index contributed by atoms with van der Waals surface area (Å²) in [4.78, 5) is 0. The monoisotopic (exact) mass is 336 g/mol. The molecule has 22 heavy (non-hydrogen) atoms. The molecule has 0 N–H and O–H groups in total. The van der Waals surface area contributed by atoms with Crippen molar-refractivity contribution in [3.8, 4) is 11.5 Å². The van der Waals surface area contributed by atoms with Crippen LogP contribution in [0.2, 0.25) is 5.02 Å². The van der Waals surface area contributed by atoms with Crippen molar-refractivity contribution in [2.45, 2.75) is 30.9 Å². The highest BCUT2D eigenvalue weighted by molar-refractivity contribution is 7.98. The normalized spacial score (nSPS) is 11.0. The maximum Gasteiger partial charge on any atom is 0.277 e. The molecule has 0 saturated carbocycles. The molecule has 9 heteroatoms. The maximum absolute atomic E-state index is 6.12. The average Bonchev–Trinajstić information content (AvgIpc) is 3.15. The van der Waals surface area contributed by atoms with Crippen molar-refractivity contribution in [2.75, 3.05) is 0 Å². The Balaban J connectivity index is 1.70. The lowest BCUT2D eigenvalue weighted by Crippen LogP contribution is -2.04. The first-order chi connectivity index (χ1) is 10.8. The summed E-state index contributed by atoms with van der Waals surface area (Å²) in [5.74, 6) is 1.75. The zero-order chi connectivity index (χ0) is 15.4. The van der Waals surface area contributed by atoms with Crippen molar-refractivity contribution in [3.05, 3.63) is 35.1 Å². The number of halogens is 1. The molecule has 3 rings (SSSR count). The summed E-state index contributed by atoms with van der Waals surface area (Å²) in [6, 6.07) is 7.35. The molecule has 0 aliphatic rings. The quantitative estimate of drug-likeness (QED) is 0.639. The summed E-state index contributed by atoms with van der Waals surface area (Å²) in [6.45, 7) is 2.87. The van der Waals surface area contributed by atoms with Crippen molar-refractivity contribution in [3.63, 3.8) is 0 Å². The van der Waals surface area contributed by atoms with Crippen LogP contribution in [-0.2, 0) is 12.3 Å². The number of aryl methyl sites for hydroxylation is 1. The van der Waals surface area contributed by atoms with E-state index in [1.807, 2.05) is 18.2 Å². The largest absolute Gasteiger partial charge is 0.411 e. The SMILES string of the molecule is CCCn1nnnc1CSc1nnc(-c2ccccc2Cl)o1. The van der Waals surface area contributed by atoms with Crippen molar-refractivity contribution in [1.82, 2.24) is 30.4 Å². The Morgan fingerprint density at radius 3 is 2.91 bits per heavy atom. The fourth-order valence-electron chi connectivity index (χ4n) is 1.85. The Labute approximate surface area is 136 Å². The van der Waals surface area contributed by atoms with Gasteiger partial charge in [-0.15, -0.1) is 15.3 Å². The van der Waals surface area contributed by atoms with Crippen LogP contribution in [0.15, 0.2) is 33.9 Å². The highest BCUT2D eigenvalue weighted by Gasteiger charge is 2.13. The van der Waals surface area contributed by atoms with Crippen LogP contribution < -0.4 is 0 Å². The van der Waals surface area contributed by atoms with Gasteiger partial charge in [0.2, 0.25) is 5.89 Å². The third-order valence-electron chi connectivity index (χ3n) is 2.88. The smallest absolute Gasteiger partial charge is 0.277 e. The van der Waals surface area contributed by atoms with Crippen LogP contribution in [0.1, 0.15) is 19.2 Å². The van der Waals surface area contributed by atoms with Crippen LogP contribution in [0.3, 0.4) is 0 Å². The molecule has 3 aromatic rings. The number of nitrogens with zero attached hydrogens (tertiary/aromatic N) is 6. The summed E-state index contributed by atoms with van der Waals surface area (Å²) < 4.78 is 7.40. The van der Waals surface area contributed by atoms with Gasteiger partial charge in [0, 0.05) is 6.54 Å². The van der Waals surface area contributed by atoms with Crippen LogP contribution in [0.25, 0.3) is 11.5 Å². The van der Waals surface area contributed by atoms with E-state index in [0.717, 1.165) is 24.4 Å². The molecule has 0 amide bonds. The van der Waals surface area contributed by atoms with Gasteiger partial charge in [-0.25, -0.2) is 4.68 Å². The molecule has 1 aromatic carbocycles. The zero-order valence-corrected chi connectivity index (χ0v) is 13.4. The van der Waals surface area contributed by atoms with Gasteiger partial charge >= 0.3 is 0 Å². The van der Waals surface area contributed by atoms with E-state index in [2.05, 4.69) is 32.6 Å². The van der Waals surface area contributed by atoms with Crippen molar-refractivity contribution in [1.29, 1.82) is 0 Å². The highest BCUT2D eigenvalue weighted by atomic mass is 35.5. The summed E-state index contributed by atoms with van der Waals surface area (Å²) in [5.41, 5.74) is 0.722. The first-order valence-electron chi connectivity index (χ1n) is 6.74. The second-order valence-corrected chi connectivity index (χ2v) is 5.79. The van der Waals surface area contributed by atoms with Crippen LogP contribution in [0.4, 0.5) is 0 Å². The third-order valence-corrected chi connectivity index (χ3v) is 4.02. The van der Waals surface area contributed by atoms with Gasteiger partial charge in [0.1, 0.15) is 0 Å². The minimum Gasteiger partial charge on any atom is -0.411 e. The van der Waals surface area contributed by atoms with E-state index in [1.54, 1.807) is 10.7 Å². The van der Waals surface area contributed by atoms with Gasteiger partial charge in [0.25, 0.3) is 5.22 Å². The van der Waals surface area contributed by atoms with Gasteiger partial charge in [-0.2, -0.15) is 0 Å². The van der Waals surface area contributed by atoms with E-state index in [9.17, 15) is 0 Å². The van der Waals surface area contributed by atoms with Crippen LogP contribution >= 0.6 is 23.4 Å². The first-order valence-corrected chi connectivity index (χ1v) is 8.10. The Hall–Kier alpha value is -1.93. The Bertz CT molecular complexity index is 758. The lowest BCUT2D eigenvalue weighted by atomic mass is 10.2. The fourth-order valence-corrected chi connectivity index (χ4v) is 2.76. The summed E-state index contributed by atoms with van der Waals surface area (Å²) in [6.07, 6.45) is 0.972. The molecule has 0 bridgehead atoms. The van der Waals surface area contributed by atoms with Gasteiger partial charge in [-0.3, -0.25) is 0 Å². The fraction of sp³-hybridized carbons (Fsp3) is 0.308. The molecule has 2 aromatic heterocycles. The lowest BCUT2D eigenvalue weighted by molar-refractivity contribution is 0.465. The number of hydrogen-bond donors (Lipinski definition) is 0. The molecule has 0 aliphatic heterocycles. The molecule has 114 valence electrons. The number of tetrazole rings is 1. The van der Waals surface area contributed by atoms with E-state index in [1.165, 1.54) is 11.8 Å². The summed E-state index contributed by atoms with van der Waals surface area (Å²) in [5, 5.41) is 20.7. The standard InChI is InChI=1S/C13H13ClN6OS/c1-2-7-20-11(15-18-19-20)8-22-13-17-16-12(21-13)9-5-3-4-6-10(9)14/h3-6H,2,7-8H2,1H3. The number of aromatic nitrogens is 6. The molecular weight excluding hydrogens is 324 g/mol. The summed E-state index contributed by atoms with van der Waals surface area (Å²) in [7, 11) is 0. The summed E-state index contributed by atoms with van der Waals surface area (Å²) >= 11 is 7.51. The third kappa shape index (κ3) is 3.28. The van der Waals surface area contributed by atoms with Gasteiger partial charge in [-0.05, 0) is 29.0 Å². The Kier molecular flexibility index (Phi) is 4.69. The van der Waals surface area contributed by atoms with Crippen molar-refractivity contribution < 1.29 is 4.42 Å². The average molecular weight is 337 g/mol. The van der Waals surface area contributed by atoms with Gasteiger partial charge in [0.15, 0.2) is 5.82 Å². The number of thioether (sulfide) groups is 1. The van der Waals surface area contributed by atoms with E-state index in [4.69, 9.17) is 16.0 Å². The molecule has 0 saturated heterocycles. The van der Waals surface area contributed by atoms with Crippen molar-refractivity contribution >= 4 is 23.4 Å². The molecule has 0 fully saturated rings. The van der Waals surface area contributed by atoms with E-state index >= 15 is 0 Å². The molecule has 0 radical (unpaired) electrons. The van der Waals surface area contributed by atoms with E-state index in [0.29, 0.717) is 21.9 Å². The molecule has 2 heterocycles. The zero-order valence-electron chi connectivity index (χ0n) is 11.8. The number of benzene rings is 1. The molecule has 0 atom stereocenters. The highest BCUT2D eigenvalue weighted by Crippen LogP contribution is 2.29. The minimum absolute atomic E-state index is 0.404. The lowest BCUT2D eigenvalue weighted by Gasteiger charge is -2.00. The van der Waals surface area contributed by atoms with Crippen LogP contribution in [-0.4, -0.2) is 30.4 Å². The van der Waals surface area contributed by atoms with E-state index < -0.39 is 0 Å². The molecule has 0 aliphatic carbocycles. The number of rotatable bonds is 6. The predicted octanol–water partition coefficient (Wildman–Crippen LogP) is 3.08. The predicted molar refractivity (Wildman–Crippen MR) is 82.4 cm³/mol. The molecule has 0 unspecified atom stereocenters. The Morgan fingerprint density at radius 2 is 2.09 bits per heavy atom. The minimum atomic E-state index is 0.404. The van der Waals surface area contributed by atoms with Gasteiger partial charge < -0.3 is 4.42 Å². The van der Waals surface area contributed by atoms with Crippen LogP contribution in [0, 0.1) is 0 Å². The van der Waals surface area contributed by atoms with Crippen LogP contribution in [0.5, 0.6) is 0 Å². The Morgan fingerprint density at radius 1 is 1.23 bits per heavy atom. The molecule has 0 spiro atoms. The topological polar surface area (TPSA) is 82.5 Å². The second-order valence-electron chi connectivity index (χ2n) is 4.46. The second kappa shape index (κ2) is 6.89.